The quantitative estimate of drug-likeness (QED) is 0.354. The topological polar surface area (TPSA) is 59.9 Å². The van der Waals surface area contributed by atoms with Crippen molar-refractivity contribution in [2.24, 2.45) is 5.16 Å². The first-order valence-corrected chi connectivity index (χ1v) is 2.79. The Hall–Kier alpha value is -1.26. The van der Waals surface area contributed by atoms with Crippen LogP contribution in [0.15, 0.2) is 5.16 Å². The molecule has 0 radical (unpaired) electrons. The van der Waals surface area contributed by atoms with Crippen LogP contribution >= 0.6 is 0 Å². The molecule has 10 heavy (non-hydrogen) atoms. The second kappa shape index (κ2) is 5.87. The van der Waals surface area contributed by atoms with Crippen LogP contribution in [0.3, 0.4) is 0 Å². The highest BCUT2D eigenvalue weighted by molar-refractivity contribution is 5.81. The lowest BCUT2D eigenvalue weighted by atomic mass is 10.9. The van der Waals surface area contributed by atoms with E-state index in [4.69, 9.17) is 0 Å². The third-order valence-corrected chi connectivity index (χ3v) is 0.624. The number of ether oxygens (including phenoxy) is 1. The number of nitrogens with zero attached hydrogens (tertiary/aromatic N) is 1. The van der Waals surface area contributed by atoms with E-state index in [1.54, 1.807) is 6.92 Å². The van der Waals surface area contributed by atoms with Crippen molar-refractivity contribution < 1.29 is 14.4 Å². The summed E-state index contributed by atoms with van der Waals surface area (Å²) in [5.74, 6) is 0. The van der Waals surface area contributed by atoms with Gasteiger partial charge in [-0.15, -0.1) is 0 Å². The van der Waals surface area contributed by atoms with Crippen molar-refractivity contribution in [1.29, 1.82) is 0 Å². The first-order valence-electron chi connectivity index (χ1n) is 2.79. The van der Waals surface area contributed by atoms with Gasteiger partial charge in [0.1, 0.15) is 12.9 Å². The zero-order valence-corrected chi connectivity index (χ0v) is 5.96. The minimum Gasteiger partial charge on any atom is -0.453 e. The molecular formula is C5H10N2O3. The van der Waals surface area contributed by atoms with Crippen LogP contribution in [0.4, 0.5) is 4.79 Å². The summed E-state index contributed by atoms with van der Waals surface area (Å²) < 4.78 is 4.23. The second-order valence-corrected chi connectivity index (χ2v) is 1.29. The maximum Gasteiger partial charge on any atom is 0.412 e. The van der Waals surface area contributed by atoms with Crippen molar-refractivity contribution in [1.82, 2.24) is 5.32 Å². The van der Waals surface area contributed by atoms with Gasteiger partial charge in [-0.05, 0) is 6.92 Å². The number of rotatable bonds is 3. The van der Waals surface area contributed by atoms with Crippen molar-refractivity contribution in [3.8, 4) is 0 Å². The normalized spacial score (nSPS) is 9.40. The lowest BCUT2D eigenvalue weighted by molar-refractivity contribution is 0.157. The lowest BCUT2D eigenvalue weighted by Gasteiger charge is -1.94. The summed E-state index contributed by atoms with van der Waals surface area (Å²) >= 11 is 0. The molecule has 0 fully saturated rings. The average molecular weight is 146 g/mol. The molecule has 0 aliphatic heterocycles. The van der Waals surface area contributed by atoms with E-state index in [-0.39, 0.29) is 0 Å². The van der Waals surface area contributed by atoms with Gasteiger partial charge in [0.2, 0.25) is 0 Å². The van der Waals surface area contributed by atoms with Crippen molar-refractivity contribution in [3.63, 3.8) is 0 Å². The SMILES string of the molecule is CCO/N=C/NC(=O)OC. The molecule has 0 aromatic carbocycles. The standard InChI is InChI=1S/C5H10N2O3/c1-3-10-7-4-6-5(8)9-2/h4H,3H2,1-2H3,(H,6,7,8). The van der Waals surface area contributed by atoms with Gasteiger partial charge in [-0.25, -0.2) is 4.79 Å². The average Bonchev–Trinajstić information content (AvgIpc) is 1.98. The molecule has 1 amide bonds. The van der Waals surface area contributed by atoms with E-state index in [9.17, 15) is 4.79 Å². The molecule has 0 heterocycles. The molecule has 0 spiro atoms. The third-order valence-electron chi connectivity index (χ3n) is 0.624. The van der Waals surface area contributed by atoms with Gasteiger partial charge in [-0.3, -0.25) is 5.32 Å². The Bertz CT molecular complexity index is 124. The zero-order chi connectivity index (χ0) is 7.82. The van der Waals surface area contributed by atoms with Crippen LogP contribution in [0.1, 0.15) is 6.92 Å². The Labute approximate surface area is 59.0 Å². The van der Waals surface area contributed by atoms with Crippen LogP contribution in [-0.2, 0) is 9.57 Å². The number of nitrogens with one attached hydrogen (secondary N) is 1. The summed E-state index contributed by atoms with van der Waals surface area (Å²) in [4.78, 5) is 14.8. The molecule has 0 bridgehead atoms. The number of oxime groups is 1. The minimum atomic E-state index is -0.566. The van der Waals surface area contributed by atoms with E-state index in [0.29, 0.717) is 6.61 Å². The molecule has 0 saturated carbocycles. The predicted molar refractivity (Wildman–Crippen MR) is 35.7 cm³/mol. The van der Waals surface area contributed by atoms with Crippen molar-refractivity contribution in [2.45, 2.75) is 6.92 Å². The third kappa shape index (κ3) is 4.89. The van der Waals surface area contributed by atoms with Crippen molar-refractivity contribution in [2.75, 3.05) is 13.7 Å². The maximum atomic E-state index is 10.3. The fourth-order valence-corrected chi connectivity index (χ4v) is 0.250. The summed E-state index contributed by atoms with van der Waals surface area (Å²) in [6.07, 6.45) is 0.554. The summed E-state index contributed by atoms with van der Waals surface area (Å²) in [6, 6.07) is 0. The van der Waals surface area contributed by atoms with Crippen LogP contribution < -0.4 is 5.32 Å². The second-order valence-electron chi connectivity index (χ2n) is 1.29. The highest BCUT2D eigenvalue weighted by Gasteiger charge is 1.90. The number of hydrogen-bond donors (Lipinski definition) is 1. The Morgan fingerprint density at radius 3 is 3.00 bits per heavy atom. The number of methoxy groups -OCH3 is 1. The van der Waals surface area contributed by atoms with Gasteiger partial charge in [-0.2, -0.15) is 0 Å². The Kier molecular flexibility index (Phi) is 5.13. The number of hydrogen-bond acceptors (Lipinski definition) is 4. The van der Waals surface area contributed by atoms with E-state index in [1.165, 1.54) is 7.11 Å². The molecule has 0 aliphatic rings. The molecule has 5 nitrogen and oxygen atoms in total. The van der Waals surface area contributed by atoms with Crippen LogP contribution in [0.5, 0.6) is 0 Å². The highest BCUT2D eigenvalue weighted by atomic mass is 16.6. The smallest absolute Gasteiger partial charge is 0.412 e. The summed E-state index contributed by atoms with van der Waals surface area (Å²) in [5, 5.41) is 5.53. The largest absolute Gasteiger partial charge is 0.453 e. The van der Waals surface area contributed by atoms with Gasteiger partial charge >= 0.3 is 6.09 Å². The highest BCUT2D eigenvalue weighted by Crippen LogP contribution is 1.70. The molecule has 5 heteroatoms. The van der Waals surface area contributed by atoms with E-state index in [2.05, 4.69) is 20.0 Å². The van der Waals surface area contributed by atoms with E-state index < -0.39 is 6.09 Å². The molecule has 0 unspecified atom stereocenters. The van der Waals surface area contributed by atoms with Gasteiger partial charge < -0.3 is 9.57 Å². The lowest BCUT2D eigenvalue weighted by Crippen LogP contribution is -2.20. The Balaban J connectivity index is 3.25. The Morgan fingerprint density at radius 2 is 2.50 bits per heavy atom. The molecule has 0 rings (SSSR count). The van der Waals surface area contributed by atoms with Crippen molar-refractivity contribution >= 4 is 12.4 Å². The van der Waals surface area contributed by atoms with Gasteiger partial charge in [0, 0.05) is 0 Å². The monoisotopic (exact) mass is 146 g/mol. The minimum absolute atomic E-state index is 0.472. The van der Waals surface area contributed by atoms with Crippen LogP contribution in [-0.4, -0.2) is 26.1 Å². The van der Waals surface area contributed by atoms with Crippen LogP contribution in [0, 0.1) is 0 Å². The number of alkyl carbamates (subject to hydrolysis) is 1. The van der Waals surface area contributed by atoms with E-state index in [0.717, 1.165) is 6.34 Å². The number of amides is 1. The van der Waals surface area contributed by atoms with E-state index in [1.807, 2.05) is 0 Å². The molecule has 0 atom stereocenters. The van der Waals surface area contributed by atoms with E-state index >= 15 is 0 Å². The summed E-state index contributed by atoms with van der Waals surface area (Å²) in [5.41, 5.74) is 0. The van der Waals surface area contributed by atoms with Gasteiger partial charge in [0.05, 0.1) is 7.11 Å². The molecule has 1 N–H and O–H groups in total. The van der Waals surface area contributed by atoms with Crippen molar-refractivity contribution in [3.05, 3.63) is 0 Å². The number of carbonyl (C=O) groups excluding carboxylic acids is 1. The molecule has 0 aliphatic carbocycles. The summed E-state index contributed by atoms with van der Waals surface area (Å²) in [6.45, 7) is 2.26. The zero-order valence-electron chi connectivity index (χ0n) is 5.96. The summed E-state index contributed by atoms with van der Waals surface area (Å²) in [7, 11) is 1.27. The molecule has 58 valence electrons. The van der Waals surface area contributed by atoms with Gasteiger partial charge in [0.15, 0.2) is 0 Å². The van der Waals surface area contributed by atoms with Gasteiger partial charge in [0.25, 0.3) is 0 Å². The molecule has 0 saturated heterocycles. The van der Waals surface area contributed by atoms with Gasteiger partial charge in [-0.1, -0.05) is 5.16 Å². The first-order chi connectivity index (χ1) is 4.81. The predicted octanol–water partition coefficient (Wildman–Crippen LogP) is 0.322. The first kappa shape index (κ1) is 8.74. The Morgan fingerprint density at radius 1 is 1.80 bits per heavy atom. The number of carbonyl (C=O) groups is 1. The van der Waals surface area contributed by atoms with Crippen LogP contribution in [0.25, 0.3) is 0 Å². The van der Waals surface area contributed by atoms with Crippen LogP contribution in [0.2, 0.25) is 0 Å². The maximum absolute atomic E-state index is 10.3. The molecule has 0 aromatic heterocycles. The molecular weight excluding hydrogens is 136 g/mol. The fourth-order valence-electron chi connectivity index (χ4n) is 0.250. The fraction of sp³-hybridized carbons (Fsp3) is 0.600. The molecule has 0 aromatic rings.